The molecule has 36 heavy (non-hydrogen) atoms. The quantitative estimate of drug-likeness (QED) is 0.379. The van der Waals surface area contributed by atoms with Crippen molar-refractivity contribution in [2.45, 2.75) is 12.8 Å². The van der Waals surface area contributed by atoms with E-state index in [9.17, 15) is 18.5 Å². The molecule has 2 N–H and O–H groups in total. The van der Waals surface area contributed by atoms with Gasteiger partial charge in [0.15, 0.2) is 0 Å². The number of carbonyl (C=O) groups excluding carboxylic acids is 1. The lowest BCUT2D eigenvalue weighted by Crippen LogP contribution is -2.37. The predicted octanol–water partition coefficient (Wildman–Crippen LogP) is 3.48. The highest BCUT2D eigenvalue weighted by atomic mass is 32.2. The van der Waals surface area contributed by atoms with Gasteiger partial charge in [-0.2, -0.15) is 15.5 Å². The van der Waals surface area contributed by atoms with E-state index in [1.807, 2.05) is 36.4 Å². The minimum Gasteiger partial charge on any atom is -0.277 e. The second-order valence-electron chi connectivity index (χ2n) is 7.96. The number of para-hydroxylation sites is 1. The molecule has 1 aliphatic rings. The van der Waals surface area contributed by atoms with Crippen LogP contribution in [0.3, 0.4) is 0 Å². The molecule has 9 nitrogen and oxygen atoms in total. The highest BCUT2D eigenvalue weighted by molar-refractivity contribution is 7.92. The number of hydrazone groups is 2. The molecule has 0 radical (unpaired) electrons. The second-order valence-corrected chi connectivity index (χ2v) is 9.97. The van der Waals surface area contributed by atoms with Crippen LogP contribution in [0.1, 0.15) is 24.0 Å². The number of sulfonamides is 1. The van der Waals surface area contributed by atoms with Crippen molar-refractivity contribution in [1.29, 1.82) is 5.26 Å². The maximum Gasteiger partial charge on any atom is 0.302 e. The van der Waals surface area contributed by atoms with Gasteiger partial charge in [0, 0.05) is 17.7 Å². The number of amides is 1. The average Bonchev–Trinajstić information content (AvgIpc) is 2.90. The summed E-state index contributed by atoms with van der Waals surface area (Å²) in [4.78, 5) is 12.6. The molecule has 1 fully saturated rings. The number of carbonyl (C=O) groups is 1. The average molecular weight is 501 g/mol. The number of rotatable bonds is 7. The third-order valence-corrected chi connectivity index (χ3v) is 7.36. The summed E-state index contributed by atoms with van der Waals surface area (Å²) < 4.78 is 26.3. The van der Waals surface area contributed by atoms with Crippen LogP contribution in [0.25, 0.3) is 0 Å². The fourth-order valence-corrected chi connectivity index (χ4v) is 5.32. The van der Waals surface area contributed by atoms with Crippen molar-refractivity contribution in [2.24, 2.45) is 10.2 Å². The van der Waals surface area contributed by atoms with Crippen LogP contribution >= 0.6 is 0 Å². The van der Waals surface area contributed by atoms with Crippen LogP contribution in [0.2, 0.25) is 0 Å². The zero-order valence-electron chi connectivity index (χ0n) is 19.3. The third-order valence-electron chi connectivity index (χ3n) is 5.49. The van der Waals surface area contributed by atoms with Crippen LogP contribution in [-0.4, -0.2) is 38.0 Å². The molecule has 182 valence electrons. The number of nitrogens with one attached hydrogen (secondary N) is 2. The van der Waals surface area contributed by atoms with E-state index in [-0.39, 0.29) is 11.5 Å². The molecule has 0 spiro atoms. The summed E-state index contributed by atoms with van der Waals surface area (Å²) in [5.74, 6) is -0.634. The van der Waals surface area contributed by atoms with Crippen molar-refractivity contribution in [1.82, 2.24) is 5.43 Å². The zero-order valence-corrected chi connectivity index (χ0v) is 20.1. The first-order valence-corrected chi connectivity index (χ1v) is 12.9. The van der Waals surface area contributed by atoms with Crippen molar-refractivity contribution in [3.8, 4) is 6.07 Å². The van der Waals surface area contributed by atoms with Crippen LogP contribution < -0.4 is 15.2 Å². The Morgan fingerprint density at radius 3 is 2.14 bits per heavy atom. The van der Waals surface area contributed by atoms with E-state index in [1.54, 1.807) is 54.6 Å². The topological polar surface area (TPSA) is 127 Å². The fraction of sp³-hybridized carbons (Fsp3) is 0.154. The lowest BCUT2D eigenvalue weighted by Gasteiger charge is -2.28. The van der Waals surface area contributed by atoms with Crippen molar-refractivity contribution in [2.75, 3.05) is 22.0 Å². The van der Waals surface area contributed by atoms with Crippen LogP contribution in [0.15, 0.2) is 95.1 Å². The van der Waals surface area contributed by atoms with E-state index in [2.05, 4.69) is 21.1 Å². The van der Waals surface area contributed by atoms with Crippen molar-refractivity contribution in [3.63, 3.8) is 0 Å². The summed E-state index contributed by atoms with van der Waals surface area (Å²) in [7, 11) is -3.33. The van der Waals surface area contributed by atoms with Gasteiger partial charge in [0.1, 0.15) is 6.07 Å². The first-order chi connectivity index (χ1) is 17.5. The first-order valence-electron chi connectivity index (χ1n) is 11.3. The molecular formula is C26H24N6O3S. The van der Waals surface area contributed by atoms with Gasteiger partial charge in [-0.3, -0.25) is 14.5 Å². The minimum absolute atomic E-state index is 0.138. The standard InChI is InChI=1S/C26H24N6O3S/c27-19-24(29-28-22-11-5-2-6-12-22)26(33)31-30-25(20-9-3-1-4-10-20)21-13-15-23(16-14-21)32-17-7-8-18-36(32,34)35/h1-6,9-16,28H,7-8,17-18H2,(H,31,33)/b29-24+,30-25+. The molecule has 0 unspecified atom stereocenters. The van der Waals surface area contributed by atoms with Crippen molar-refractivity contribution < 1.29 is 13.2 Å². The maximum absolute atomic E-state index is 12.6. The largest absolute Gasteiger partial charge is 0.302 e. The number of nitriles is 1. The minimum atomic E-state index is -3.33. The molecule has 1 saturated heterocycles. The molecule has 0 aromatic heterocycles. The number of hydrogen-bond donors (Lipinski definition) is 2. The van der Waals surface area contributed by atoms with Crippen LogP contribution in [0.5, 0.6) is 0 Å². The molecular weight excluding hydrogens is 476 g/mol. The van der Waals surface area contributed by atoms with E-state index in [4.69, 9.17) is 0 Å². The molecule has 0 aliphatic carbocycles. The van der Waals surface area contributed by atoms with Crippen LogP contribution in [-0.2, 0) is 14.8 Å². The fourth-order valence-electron chi connectivity index (χ4n) is 3.68. The Morgan fingerprint density at radius 2 is 1.50 bits per heavy atom. The molecule has 1 heterocycles. The first kappa shape index (κ1) is 24.6. The van der Waals surface area contributed by atoms with E-state index in [0.29, 0.717) is 35.6 Å². The van der Waals surface area contributed by atoms with E-state index < -0.39 is 15.9 Å². The lowest BCUT2D eigenvalue weighted by atomic mass is 10.0. The van der Waals surface area contributed by atoms with Gasteiger partial charge in [0.05, 0.1) is 22.8 Å². The van der Waals surface area contributed by atoms with Crippen LogP contribution in [0, 0.1) is 11.3 Å². The van der Waals surface area contributed by atoms with Crippen molar-refractivity contribution in [3.05, 3.63) is 96.1 Å². The van der Waals surface area contributed by atoms with Gasteiger partial charge in [0.2, 0.25) is 15.7 Å². The Balaban J connectivity index is 1.58. The Morgan fingerprint density at radius 1 is 0.861 bits per heavy atom. The summed E-state index contributed by atoms with van der Waals surface area (Å²) in [6.45, 7) is 0.449. The number of benzene rings is 3. The second kappa shape index (κ2) is 11.3. The maximum atomic E-state index is 12.6. The molecule has 3 aromatic carbocycles. The Kier molecular flexibility index (Phi) is 7.72. The van der Waals surface area contributed by atoms with Gasteiger partial charge in [-0.25, -0.2) is 13.8 Å². The Labute approximate surface area is 209 Å². The Bertz CT molecular complexity index is 1410. The van der Waals surface area contributed by atoms with Gasteiger partial charge in [0.25, 0.3) is 0 Å². The van der Waals surface area contributed by atoms with E-state index in [0.717, 1.165) is 12.0 Å². The monoisotopic (exact) mass is 500 g/mol. The highest BCUT2D eigenvalue weighted by Crippen LogP contribution is 2.24. The van der Waals surface area contributed by atoms with Gasteiger partial charge < -0.3 is 0 Å². The highest BCUT2D eigenvalue weighted by Gasteiger charge is 2.26. The van der Waals surface area contributed by atoms with Gasteiger partial charge in [-0.15, -0.1) is 0 Å². The zero-order chi connectivity index (χ0) is 25.4. The molecule has 4 rings (SSSR count). The smallest absolute Gasteiger partial charge is 0.277 e. The summed E-state index contributed by atoms with van der Waals surface area (Å²) in [6.07, 6.45) is 1.47. The van der Waals surface area contributed by atoms with Crippen LogP contribution in [0.4, 0.5) is 11.4 Å². The predicted molar refractivity (Wildman–Crippen MR) is 140 cm³/mol. The van der Waals surface area contributed by atoms with Gasteiger partial charge in [-0.1, -0.05) is 60.7 Å². The lowest BCUT2D eigenvalue weighted by molar-refractivity contribution is -0.114. The number of anilines is 2. The molecule has 0 saturated carbocycles. The molecule has 3 aromatic rings. The third kappa shape index (κ3) is 5.95. The summed E-state index contributed by atoms with van der Waals surface area (Å²) >= 11 is 0. The summed E-state index contributed by atoms with van der Waals surface area (Å²) in [5.41, 5.74) is 7.75. The molecule has 10 heteroatoms. The normalized spacial score (nSPS) is 15.6. The van der Waals surface area contributed by atoms with Gasteiger partial charge >= 0.3 is 5.91 Å². The number of nitrogens with zero attached hydrogens (tertiary/aromatic N) is 4. The van der Waals surface area contributed by atoms with Gasteiger partial charge in [-0.05, 0) is 37.1 Å². The summed E-state index contributed by atoms with van der Waals surface area (Å²) in [6, 6.07) is 26.9. The molecule has 0 atom stereocenters. The van der Waals surface area contributed by atoms with E-state index >= 15 is 0 Å². The number of hydrogen-bond acceptors (Lipinski definition) is 7. The molecule has 1 aliphatic heterocycles. The van der Waals surface area contributed by atoms with Crippen molar-refractivity contribution >= 4 is 38.7 Å². The summed E-state index contributed by atoms with van der Waals surface area (Å²) in [5, 5.41) is 17.5. The molecule has 0 bridgehead atoms. The SMILES string of the molecule is N#C/C(=N\Nc1ccccc1)C(=O)N/N=C(\c1ccccc1)c1ccc(N2CCCCS2(=O)=O)cc1. The molecule has 1 amide bonds. The van der Waals surface area contributed by atoms with E-state index in [1.165, 1.54) is 4.31 Å². The Hall–Kier alpha value is -4.49.